The van der Waals surface area contributed by atoms with Crippen molar-refractivity contribution < 1.29 is 8.42 Å². The Balaban J connectivity index is 2.62. The summed E-state index contributed by atoms with van der Waals surface area (Å²) in [7, 11) is -2.10. The van der Waals surface area contributed by atoms with Crippen molar-refractivity contribution in [3.63, 3.8) is 0 Å². The molecular formula is C4H7ClO2S2. The molecule has 2 atom stereocenters. The highest BCUT2D eigenvalue weighted by Crippen LogP contribution is 2.15. The zero-order valence-corrected chi connectivity index (χ0v) is 7.10. The van der Waals surface area contributed by atoms with Gasteiger partial charge in [-0.1, -0.05) is 11.6 Å². The van der Waals surface area contributed by atoms with E-state index in [9.17, 15) is 8.42 Å². The van der Waals surface area contributed by atoms with Crippen molar-refractivity contribution in [3.8, 4) is 0 Å². The van der Waals surface area contributed by atoms with Gasteiger partial charge in [0.05, 0.1) is 21.6 Å². The molecule has 0 bridgehead atoms. The minimum absolute atomic E-state index is 0.611. The second-order valence-electron chi connectivity index (χ2n) is 1.80. The highest BCUT2D eigenvalue weighted by Gasteiger charge is 2.24. The second kappa shape index (κ2) is 3.12. The van der Waals surface area contributed by atoms with Crippen LogP contribution in [0.2, 0.25) is 0 Å². The summed E-state index contributed by atoms with van der Waals surface area (Å²) >= 11 is 5.52. The summed E-state index contributed by atoms with van der Waals surface area (Å²) in [6.45, 7) is 0. The van der Waals surface area contributed by atoms with E-state index in [1.54, 1.807) is 0 Å². The number of rotatable bonds is 0. The molecule has 0 aromatic rings. The van der Waals surface area contributed by atoms with Gasteiger partial charge in [0.15, 0.2) is 4.04 Å². The molecular weight excluding hydrogens is 180 g/mol. The SMILES string of the molecule is O=S1CCCS(=O)C1Cl. The van der Waals surface area contributed by atoms with Crippen LogP contribution in [-0.4, -0.2) is 24.0 Å². The van der Waals surface area contributed by atoms with Crippen LogP contribution in [0.3, 0.4) is 0 Å². The van der Waals surface area contributed by atoms with E-state index in [-0.39, 0.29) is 0 Å². The largest absolute Gasteiger partial charge is 0.257 e. The van der Waals surface area contributed by atoms with Gasteiger partial charge in [-0.15, -0.1) is 0 Å². The van der Waals surface area contributed by atoms with Crippen molar-refractivity contribution in [2.24, 2.45) is 0 Å². The quantitative estimate of drug-likeness (QED) is 0.514. The van der Waals surface area contributed by atoms with Crippen molar-refractivity contribution >= 4 is 33.2 Å². The van der Waals surface area contributed by atoms with Crippen LogP contribution in [0.1, 0.15) is 6.42 Å². The molecule has 54 valence electrons. The van der Waals surface area contributed by atoms with Crippen molar-refractivity contribution in [2.45, 2.75) is 10.5 Å². The van der Waals surface area contributed by atoms with E-state index < -0.39 is 25.6 Å². The average molecular weight is 187 g/mol. The van der Waals surface area contributed by atoms with E-state index >= 15 is 0 Å². The lowest BCUT2D eigenvalue weighted by Gasteiger charge is -2.13. The first-order valence-electron chi connectivity index (χ1n) is 2.60. The van der Waals surface area contributed by atoms with Crippen LogP contribution >= 0.6 is 11.6 Å². The van der Waals surface area contributed by atoms with E-state index in [1.165, 1.54) is 0 Å². The zero-order valence-electron chi connectivity index (χ0n) is 4.71. The van der Waals surface area contributed by atoms with Crippen molar-refractivity contribution in [2.75, 3.05) is 11.5 Å². The Morgan fingerprint density at radius 1 is 1.22 bits per heavy atom. The fourth-order valence-corrected chi connectivity index (χ4v) is 4.13. The lowest BCUT2D eigenvalue weighted by Crippen LogP contribution is -2.25. The first-order valence-corrected chi connectivity index (χ1v) is 5.80. The second-order valence-corrected chi connectivity index (χ2v) is 6.33. The van der Waals surface area contributed by atoms with Crippen LogP contribution in [0.25, 0.3) is 0 Å². The molecule has 1 aliphatic heterocycles. The Labute approximate surface area is 63.9 Å². The van der Waals surface area contributed by atoms with E-state index in [1.807, 2.05) is 0 Å². The van der Waals surface area contributed by atoms with E-state index in [0.717, 1.165) is 6.42 Å². The van der Waals surface area contributed by atoms with Gasteiger partial charge in [0.2, 0.25) is 0 Å². The predicted molar refractivity (Wildman–Crippen MR) is 40.3 cm³/mol. The van der Waals surface area contributed by atoms with Gasteiger partial charge in [0.25, 0.3) is 0 Å². The Morgan fingerprint density at radius 3 is 2.00 bits per heavy atom. The Kier molecular flexibility index (Phi) is 2.67. The number of halogens is 1. The molecule has 0 aromatic heterocycles. The van der Waals surface area contributed by atoms with Crippen molar-refractivity contribution in [3.05, 3.63) is 0 Å². The van der Waals surface area contributed by atoms with Crippen LogP contribution < -0.4 is 0 Å². The Hall–Kier alpha value is 0.590. The predicted octanol–water partition coefficient (Wildman–Crippen LogP) is 0.410. The highest BCUT2D eigenvalue weighted by molar-refractivity contribution is 8.05. The van der Waals surface area contributed by atoms with Gasteiger partial charge in [-0.05, 0) is 6.42 Å². The molecule has 0 N–H and O–H groups in total. The topological polar surface area (TPSA) is 34.1 Å². The molecule has 1 rings (SSSR count). The van der Waals surface area contributed by atoms with Gasteiger partial charge in [-0.3, -0.25) is 8.42 Å². The molecule has 1 heterocycles. The molecule has 9 heavy (non-hydrogen) atoms. The summed E-state index contributed by atoms with van der Waals surface area (Å²) in [5.74, 6) is 1.22. The minimum Gasteiger partial charge on any atom is -0.257 e. The third-order valence-electron chi connectivity index (χ3n) is 1.10. The van der Waals surface area contributed by atoms with Crippen LogP contribution in [0.5, 0.6) is 0 Å². The van der Waals surface area contributed by atoms with Crippen LogP contribution in [0.4, 0.5) is 0 Å². The third kappa shape index (κ3) is 1.75. The normalized spacial score (nSPS) is 44.8. The Morgan fingerprint density at radius 2 is 1.67 bits per heavy atom. The minimum atomic E-state index is -1.05. The fourth-order valence-electron chi connectivity index (χ4n) is 0.648. The summed E-state index contributed by atoms with van der Waals surface area (Å²) < 4.78 is 21.0. The van der Waals surface area contributed by atoms with Gasteiger partial charge in [0, 0.05) is 11.5 Å². The maximum absolute atomic E-state index is 10.8. The number of hydrogen-bond donors (Lipinski definition) is 0. The molecule has 2 unspecified atom stereocenters. The lowest BCUT2D eigenvalue weighted by molar-refractivity contribution is 0.670. The summed E-state index contributed by atoms with van der Waals surface area (Å²) in [6, 6.07) is 0. The molecule has 2 nitrogen and oxygen atoms in total. The van der Waals surface area contributed by atoms with Crippen LogP contribution in [0.15, 0.2) is 0 Å². The molecule has 0 amide bonds. The molecule has 0 aliphatic carbocycles. The molecule has 1 saturated heterocycles. The molecule has 0 spiro atoms. The fraction of sp³-hybridized carbons (Fsp3) is 1.00. The van der Waals surface area contributed by atoms with Gasteiger partial charge in [0.1, 0.15) is 0 Å². The summed E-state index contributed by atoms with van der Waals surface area (Å²) in [5.41, 5.74) is 0. The lowest BCUT2D eigenvalue weighted by atomic mass is 10.6. The van der Waals surface area contributed by atoms with Gasteiger partial charge in [-0.2, -0.15) is 0 Å². The summed E-state index contributed by atoms with van der Waals surface area (Å²) in [4.78, 5) is 0. The van der Waals surface area contributed by atoms with Crippen LogP contribution in [0, 0.1) is 0 Å². The number of alkyl halides is 1. The molecule has 5 heteroatoms. The number of hydrogen-bond acceptors (Lipinski definition) is 2. The Bertz CT molecular complexity index is 143. The average Bonchev–Trinajstić information content (AvgIpc) is 1.83. The van der Waals surface area contributed by atoms with Crippen LogP contribution in [-0.2, 0) is 21.6 Å². The monoisotopic (exact) mass is 186 g/mol. The van der Waals surface area contributed by atoms with Crippen molar-refractivity contribution in [1.82, 2.24) is 0 Å². The first kappa shape index (κ1) is 7.69. The molecule has 0 saturated carbocycles. The maximum Gasteiger partial charge on any atom is 0.183 e. The van der Waals surface area contributed by atoms with Crippen molar-refractivity contribution in [1.29, 1.82) is 0 Å². The van der Waals surface area contributed by atoms with Gasteiger partial charge >= 0.3 is 0 Å². The van der Waals surface area contributed by atoms with E-state index in [2.05, 4.69) is 0 Å². The summed E-state index contributed by atoms with van der Waals surface area (Å²) in [6.07, 6.45) is 0.780. The maximum atomic E-state index is 10.8. The van der Waals surface area contributed by atoms with Gasteiger partial charge < -0.3 is 0 Å². The highest BCUT2D eigenvalue weighted by atomic mass is 35.5. The molecule has 0 radical (unpaired) electrons. The standard InChI is InChI=1S/C4H7ClO2S2/c5-4-8(6)2-1-3-9(4)7/h4H,1-3H2. The smallest absolute Gasteiger partial charge is 0.183 e. The molecule has 0 aromatic carbocycles. The van der Waals surface area contributed by atoms with E-state index in [4.69, 9.17) is 11.6 Å². The summed E-state index contributed by atoms with van der Waals surface area (Å²) in [5, 5.41) is 0. The molecule has 1 fully saturated rings. The first-order chi connectivity index (χ1) is 4.22. The zero-order chi connectivity index (χ0) is 6.85. The van der Waals surface area contributed by atoms with E-state index in [0.29, 0.717) is 11.5 Å². The third-order valence-corrected chi connectivity index (χ3v) is 5.79. The van der Waals surface area contributed by atoms with Gasteiger partial charge in [-0.25, -0.2) is 0 Å². The molecule has 1 aliphatic rings.